The quantitative estimate of drug-likeness (QED) is 0.126. The molecule has 10 rings (SSSR count). The van der Waals surface area contributed by atoms with E-state index >= 15 is 0 Å². The van der Waals surface area contributed by atoms with Gasteiger partial charge < -0.3 is 0 Å². The Kier molecular flexibility index (Phi) is 7.74. The normalized spacial score (nSPS) is 12.0. The van der Waals surface area contributed by atoms with E-state index in [0.717, 1.165) is 39.1 Å². The minimum absolute atomic E-state index is 0.958. The average Bonchev–Trinajstić information content (AvgIpc) is 3.65. The Labute approximate surface area is 314 Å². The van der Waals surface area contributed by atoms with Gasteiger partial charge in [-0.1, -0.05) is 170 Å². The summed E-state index contributed by atoms with van der Waals surface area (Å²) in [6.45, 7) is 2.06. The van der Waals surface area contributed by atoms with Crippen LogP contribution in [0.25, 0.3) is 99.7 Å². The van der Waals surface area contributed by atoms with E-state index in [2.05, 4.69) is 212 Å². The Morgan fingerprint density at radius 1 is 0.463 bits per heavy atom. The van der Waals surface area contributed by atoms with E-state index in [1.54, 1.807) is 0 Å². The lowest BCUT2D eigenvalue weighted by atomic mass is 9.86. The number of benzene rings is 8. The maximum atomic E-state index is 5.46. The summed E-state index contributed by atoms with van der Waals surface area (Å²) in [6, 6.07) is 63.6. The number of nitrogens with zero attached hydrogens (tertiary/aromatic N) is 2. The maximum Gasteiger partial charge on any atom is 0.146 e. The van der Waals surface area contributed by atoms with E-state index in [9.17, 15) is 0 Å². The van der Waals surface area contributed by atoms with Crippen LogP contribution in [-0.2, 0) is 0 Å². The zero-order valence-electron chi connectivity index (χ0n) is 29.9. The van der Waals surface area contributed by atoms with Gasteiger partial charge in [0.25, 0.3) is 0 Å². The average molecular weight is 689 g/mol. The van der Waals surface area contributed by atoms with Crippen molar-refractivity contribution in [3.8, 4) is 44.8 Å². The lowest BCUT2D eigenvalue weighted by Gasteiger charge is -2.17. The number of para-hydroxylation sites is 1. The first-order valence-corrected chi connectivity index (χ1v) is 18.6. The van der Waals surface area contributed by atoms with Crippen molar-refractivity contribution in [2.45, 2.75) is 6.92 Å². The highest BCUT2D eigenvalue weighted by Gasteiger charge is 2.21. The third-order valence-corrected chi connectivity index (χ3v) is 10.7. The Balaban J connectivity index is 1.26. The largest absolute Gasteiger partial charge is 0.291 e. The lowest BCUT2D eigenvalue weighted by Crippen LogP contribution is -1.95. The third kappa shape index (κ3) is 5.23. The second-order valence-corrected chi connectivity index (χ2v) is 13.9. The highest BCUT2D eigenvalue weighted by Crippen LogP contribution is 2.43. The number of rotatable bonds is 6. The summed E-state index contributed by atoms with van der Waals surface area (Å²) < 4.78 is 2.37. The van der Waals surface area contributed by atoms with Crippen molar-refractivity contribution in [1.29, 1.82) is 0 Å². The van der Waals surface area contributed by atoms with Crippen LogP contribution in [0.15, 0.2) is 194 Å². The molecule has 10 aromatic rings. The Hall–Kier alpha value is -7.03. The van der Waals surface area contributed by atoms with Gasteiger partial charge in [0.1, 0.15) is 5.65 Å². The van der Waals surface area contributed by atoms with Crippen molar-refractivity contribution in [3.05, 3.63) is 200 Å². The SMILES string of the molecule is C/C=C\C=C/c1cc(-c2ccc3c(c2)c2ccccc2n2c(-c4ccccc4)c(-c4ccccc4)nc32)c2ccccc2c1-c1ccc2ccccc2c1. The monoisotopic (exact) mass is 688 g/mol. The lowest BCUT2D eigenvalue weighted by molar-refractivity contribution is 1.27. The molecule has 254 valence electrons. The van der Waals surface area contributed by atoms with Crippen molar-refractivity contribution in [2.24, 2.45) is 0 Å². The number of aromatic nitrogens is 2. The molecule has 0 radical (unpaired) electrons. The molecule has 2 heteroatoms. The summed E-state index contributed by atoms with van der Waals surface area (Å²) >= 11 is 0. The fourth-order valence-electron chi connectivity index (χ4n) is 8.23. The van der Waals surface area contributed by atoms with Crippen LogP contribution >= 0.6 is 0 Å². The minimum Gasteiger partial charge on any atom is -0.291 e. The molecule has 0 spiro atoms. The van der Waals surface area contributed by atoms with Gasteiger partial charge in [0.05, 0.1) is 16.9 Å². The van der Waals surface area contributed by atoms with Crippen LogP contribution in [0.3, 0.4) is 0 Å². The standard InChI is InChI=1S/C52H36N2/c1-2-3-6-23-40-34-46(42-24-13-14-26-44(42)49(40)41-29-28-35-17-11-12-22-38(35)32-41)39-30-31-45-47(33-39)43-25-15-16-27-48(43)54-51(37-20-9-5-10-21-37)50(53-52(45)54)36-18-7-4-8-19-36/h2-34H,1H3/b3-2-,23-6-. The number of pyridine rings is 1. The fourth-order valence-corrected chi connectivity index (χ4v) is 8.23. The van der Waals surface area contributed by atoms with Gasteiger partial charge in [-0.2, -0.15) is 0 Å². The summed E-state index contributed by atoms with van der Waals surface area (Å²) in [5.41, 5.74) is 12.5. The number of hydrogen-bond donors (Lipinski definition) is 0. The molecule has 2 nitrogen and oxygen atoms in total. The molecule has 0 amide bonds. The smallest absolute Gasteiger partial charge is 0.146 e. The van der Waals surface area contributed by atoms with E-state index < -0.39 is 0 Å². The Morgan fingerprint density at radius 3 is 1.93 bits per heavy atom. The topological polar surface area (TPSA) is 17.3 Å². The summed E-state index contributed by atoms with van der Waals surface area (Å²) in [5.74, 6) is 0. The first-order valence-electron chi connectivity index (χ1n) is 18.6. The second kappa shape index (κ2) is 13.2. The molecule has 0 unspecified atom stereocenters. The van der Waals surface area contributed by atoms with Crippen molar-refractivity contribution in [2.75, 3.05) is 0 Å². The van der Waals surface area contributed by atoms with Crippen molar-refractivity contribution in [3.63, 3.8) is 0 Å². The summed E-state index contributed by atoms with van der Waals surface area (Å²) in [6.07, 6.45) is 8.58. The molecule has 0 bridgehead atoms. The van der Waals surface area contributed by atoms with Crippen molar-refractivity contribution >= 4 is 54.9 Å². The molecular weight excluding hydrogens is 653 g/mol. The van der Waals surface area contributed by atoms with Gasteiger partial charge in [-0.15, -0.1) is 0 Å². The van der Waals surface area contributed by atoms with Crippen LogP contribution in [0, 0.1) is 0 Å². The zero-order chi connectivity index (χ0) is 36.0. The van der Waals surface area contributed by atoms with Gasteiger partial charge >= 0.3 is 0 Å². The molecule has 0 saturated carbocycles. The van der Waals surface area contributed by atoms with E-state index in [4.69, 9.17) is 4.98 Å². The van der Waals surface area contributed by atoms with E-state index in [1.165, 1.54) is 60.1 Å². The molecule has 0 aliphatic rings. The molecule has 0 atom stereocenters. The van der Waals surface area contributed by atoms with Crippen LogP contribution in [0.1, 0.15) is 12.5 Å². The number of fused-ring (bicyclic) bond motifs is 8. The summed E-state index contributed by atoms with van der Waals surface area (Å²) in [7, 11) is 0. The van der Waals surface area contributed by atoms with Crippen molar-refractivity contribution in [1.82, 2.24) is 9.38 Å². The summed E-state index contributed by atoms with van der Waals surface area (Å²) in [4.78, 5) is 5.46. The van der Waals surface area contributed by atoms with Gasteiger partial charge in [0.15, 0.2) is 0 Å². The molecule has 2 heterocycles. The molecule has 0 aliphatic heterocycles. The van der Waals surface area contributed by atoms with E-state index in [0.29, 0.717) is 0 Å². The van der Waals surface area contributed by atoms with Crippen LogP contribution in [0.2, 0.25) is 0 Å². The van der Waals surface area contributed by atoms with Gasteiger partial charge in [0, 0.05) is 21.9 Å². The zero-order valence-corrected chi connectivity index (χ0v) is 29.9. The highest BCUT2D eigenvalue weighted by atomic mass is 15.0. The van der Waals surface area contributed by atoms with Gasteiger partial charge in [-0.25, -0.2) is 4.98 Å². The van der Waals surface area contributed by atoms with Crippen LogP contribution in [0.5, 0.6) is 0 Å². The highest BCUT2D eigenvalue weighted by molar-refractivity contribution is 6.16. The van der Waals surface area contributed by atoms with Gasteiger partial charge in [-0.3, -0.25) is 4.40 Å². The first-order chi connectivity index (χ1) is 26.8. The van der Waals surface area contributed by atoms with Crippen molar-refractivity contribution < 1.29 is 0 Å². The molecular formula is C52H36N2. The van der Waals surface area contributed by atoms with Gasteiger partial charge in [0.2, 0.25) is 0 Å². The molecule has 54 heavy (non-hydrogen) atoms. The van der Waals surface area contributed by atoms with Gasteiger partial charge in [-0.05, 0) is 92.0 Å². The molecule has 0 saturated heterocycles. The Bertz CT molecular complexity index is 3090. The van der Waals surface area contributed by atoms with Crippen LogP contribution < -0.4 is 0 Å². The number of hydrogen-bond acceptors (Lipinski definition) is 1. The molecule has 0 N–H and O–H groups in total. The van der Waals surface area contributed by atoms with E-state index in [-0.39, 0.29) is 0 Å². The van der Waals surface area contributed by atoms with Crippen LogP contribution in [0.4, 0.5) is 0 Å². The third-order valence-electron chi connectivity index (χ3n) is 10.7. The number of imidazole rings is 1. The predicted molar refractivity (Wildman–Crippen MR) is 231 cm³/mol. The first kappa shape index (κ1) is 31.7. The fraction of sp³-hybridized carbons (Fsp3) is 0.0192. The predicted octanol–water partition coefficient (Wildman–Crippen LogP) is 14.2. The number of allylic oxidation sites excluding steroid dienone is 3. The summed E-state index contributed by atoms with van der Waals surface area (Å²) in [5, 5.41) is 8.46. The Morgan fingerprint density at radius 2 is 1.13 bits per heavy atom. The second-order valence-electron chi connectivity index (χ2n) is 13.9. The van der Waals surface area contributed by atoms with Crippen LogP contribution in [-0.4, -0.2) is 9.38 Å². The molecule has 2 aromatic heterocycles. The van der Waals surface area contributed by atoms with E-state index in [1.807, 2.05) is 0 Å². The minimum atomic E-state index is 0.958. The molecule has 0 fully saturated rings. The molecule has 0 aliphatic carbocycles. The maximum absolute atomic E-state index is 5.46. The molecule has 8 aromatic carbocycles.